The second-order valence-corrected chi connectivity index (χ2v) is 13.1. The van der Waals surface area contributed by atoms with E-state index < -0.39 is 5.41 Å². The quantitative estimate of drug-likeness (QED) is 0.158. The van der Waals surface area contributed by atoms with Gasteiger partial charge in [-0.15, -0.1) is 0 Å². The maximum Gasteiger partial charge on any atom is 0.161 e. The third-order valence-electron chi connectivity index (χ3n) is 9.82. The second kappa shape index (κ2) is 18.1. The van der Waals surface area contributed by atoms with Crippen LogP contribution in [0.4, 0.5) is 0 Å². The van der Waals surface area contributed by atoms with Crippen LogP contribution in [-0.4, -0.2) is 30.6 Å². The number of aliphatic imine (C=N–C) groups is 4. The minimum absolute atomic E-state index is 0.235. The van der Waals surface area contributed by atoms with Gasteiger partial charge in [-0.05, 0) is 92.4 Å². The van der Waals surface area contributed by atoms with E-state index in [9.17, 15) is 0 Å². The molecule has 2 atom stereocenters. The molecule has 0 bridgehead atoms. The molecule has 0 fully saturated rings. The Balaban J connectivity index is 0.00000257. The van der Waals surface area contributed by atoms with E-state index in [0.717, 1.165) is 48.1 Å². The Morgan fingerprint density at radius 3 is 2.52 bits per heavy atom. The molecular formula is C48H52N4. The molecule has 6 rings (SSSR count). The third kappa shape index (κ3) is 8.18. The van der Waals surface area contributed by atoms with Crippen LogP contribution in [-0.2, 0) is 5.41 Å². The van der Waals surface area contributed by atoms with Crippen molar-refractivity contribution in [3.05, 3.63) is 185 Å². The van der Waals surface area contributed by atoms with E-state index in [-0.39, 0.29) is 5.92 Å². The van der Waals surface area contributed by atoms with Crippen LogP contribution in [0.25, 0.3) is 5.57 Å². The van der Waals surface area contributed by atoms with Gasteiger partial charge in [0.1, 0.15) is 0 Å². The highest BCUT2D eigenvalue weighted by Gasteiger charge is 2.50. The van der Waals surface area contributed by atoms with E-state index in [4.69, 9.17) is 15.0 Å². The van der Waals surface area contributed by atoms with Crippen molar-refractivity contribution in [3.63, 3.8) is 0 Å². The van der Waals surface area contributed by atoms with Gasteiger partial charge in [0.2, 0.25) is 0 Å². The summed E-state index contributed by atoms with van der Waals surface area (Å²) < 4.78 is 0. The summed E-state index contributed by atoms with van der Waals surface area (Å²) in [4.78, 5) is 19.8. The number of allylic oxidation sites excluding steroid dienone is 16. The molecule has 2 unspecified atom stereocenters. The Labute approximate surface area is 311 Å². The van der Waals surface area contributed by atoms with Crippen molar-refractivity contribution in [2.45, 2.75) is 65.7 Å². The molecule has 0 saturated carbocycles. The normalized spacial score (nSPS) is 21.8. The van der Waals surface area contributed by atoms with E-state index in [1.165, 1.54) is 33.4 Å². The zero-order valence-electron chi connectivity index (χ0n) is 31.7. The first-order valence-electron chi connectivity index (χ1n) is 18.5. The average molecular weight is 685 g/mol. The lowest BCUT2D eigenvalue weighted by Gasteiger charge is -2.39. The molecule has 2 aromatic carbocycles. The van der Waals surface area contributed by atoms with Crippen molar-refractivity contribution in [2.24, 2.45) is 25.9 Å². The largest absolute Gasteiger partial charge is 0.270 e. The summed E-state index contributed by atoms with van der Waals surface area (Å²) in [6, 6.07) is 17.2. The van der Waals surface area contributed by atoms with Gasteiger partial charge < -0.3 is 0 Å². The predicted octanol–water partition coefficient (Wildman–Crippen LogP) is 12.0. The first-order valence-corrected chi connectivity index (χ1v) is 18.5. The van der Waals surface area contributed by atoms with Gasteiger partial charge in [-0.25, -0.2) is 9.98 Å². The Hall–Kier alpha value is -5.48. The van der Waals surface area contributed by atoms with Crippen LogP contribution in [0, 0.1) is 12.8 Å². The Bertz CT molecular complexity index is 2040. The minimum Gasteiger partial charge on any atom is -0.270 e. The monoisotopic (exact) mass is 684 g/mol. The van der Waals surface area contributed by atoms with Crippen LogP contribution in [0.1, 0.15) is 75.6 Å². The lowest BCUT2D eigenvalue weighted by Crippen LogP contribution is -2.41. The van der Waals surface area contributed by atoms with E-state index in [1.807, 2.05) is 32.3 Å². The maximum absolute atomic E-state index is 5.12. The van der Waals surface area contributed by atoms with Gasteiger partial charge in [0.15, 0.2) is 11.7 Å². The standard InChI is InChI=1S/C46H46N4.C2H6/c1-6-7-30-48-35(4)46(39-19-10-8-9-11-20-39)42-22-13-12-21-40(42)41-31-36(17-15-23-43(41)46)32-49-45(37-18-14-16-33(2)24-27-37)50-44(47-5)38-28-25-34(3)26-29-38;1-2/h6-10,12-13,15-16,18-19,21-32,39H,1,11,14,17,20H2,2-5H3;1-2H3/b30-7-,47-44?,48-35?,49-32?,50-45?;. The van der Waals surface area contributed by atoms with Crippen molar-refractivity contribution < 1.29 is 0 Å². The molecule has 4 aliphatic rings. The fourth-order valence-electron chi connectivity index (χ4n) is 7.32. The number of hydrogen-bond acceptors (Lipinski definition) is 2. The van der Waals surface area contributed by atoms with E-state index in [1.54, 1.807) is 13.1 Å². The van der Waals surface area contributed by atoms with Gasteiger partial charge in [-0.2, -0.15) is 0 Å². The number of aryl methyl sites for hydroxylation is 1. The highest BCUT2D eigenvalue weighted by Crippen LogP contribution is 2.55. The van der Waals surface area contributed by atoms with Crippen LogP contribution >= 0.6 is 0 Å². The summed E-state index contributed by atoms with van der Waals surface area (Å²) >= 11 is 0. The summed E-state index contributed by atoms with van der Waals surface area (Å²) in [6.07, 6.45) is 35.8. The smallest absolute Gasteiger partial charge is 0.161 e. The highest BCUT2D eigenvalue weighted by atomic mass is 15.0. The molecule has 0 radical (unpaired) electrons. The molecule has 4 nitrogen and oxygen atoms in total. The maximum atomic E-state index is 5.12. The fourth-order valence-corrected chi connectivity index (χ4v) is 7.32. The molecule has 2 aromatic rings. The molecule has 0 spiro atoms. The Kier molecular flexibility index (Phi) is 13.2. The lowest BCUT2D eigenvalue weighted by atomic mass is 9.63. The zero-order valence-corrected chi connectivity index (χ0v) is 31.7. The zero-order chi connectivity index (χ0) is 36.9. The van der Waals surface area contributed by atoms with Crippen molar-refractivity contribution in [1.82, 2.24) is 0 Å². The first-order chi connectivity index (χ1) is 25.4. The number of nitrogens with zero attached hydrogens (tertiary/aromatic N) is 4. The number of hydrogen-bond donors (Lipinski definition) is 0. The minimum atomic E-state index is -0.409. The van der Waals surface area contributed by atoms with Gasteiger partial charge in [-0.1, -0.05) is 147 Å². The molecule has 0 aromatic heterocycles. The fraction of sp³-hybridized carbons (Fsp3) is 0.250. The summed E-state index contributed by atoms with van der Waals surface area (Å²) in [5, 5.41) is 0. The van der Waals surface area contributed by atoms with E-state index in [0.29, 0.717) is 11.7 Å². The molecule has 0 N–H and O–H groups in total. The van der Waals surface area contributed by atoms with Gasteiger partial charge in [0.25, 0.3) is 0 Å². The van der Waals surface area contributed by atoms with Gasteiger partial charge in [0, 0.05) is 36.3 Å². The summed E-state index contributed by atoms with van der Waals surface area (Å²) in [5.41, 5.74) is 11.2. The third-order valence-corrected chi connectivity index (χ3v) is 9.82. The number of amidine groups is 2. The molecule has 0 aliphatic heterocycles. The average Bonchev–Trinajstić information content (AvgIpc) is 3.54. The summed E-state index contributed by atoms with van der Waals surface area (Å²) in [5.74, 6) is 1.53. The number of benzene rings is 2. The van der Waals surface area contributed by atoms with Crippen LogP contribution < -0.4 is 0 Å². The molecule has 0 saturated heterocycles. The first kappa shape index (κ1) is 37.8. The number of fused-ring (bicyclic) bond motifs is 2. The molecule has 4 heteroatoms. The highest BCUT2D eigenvalue weighted by molar-refractivity contribution is 6.15. The van der Waals surface area contributed by atoms with Crippen molar-refractivity contribution in [3.8, 4) is 0 Å². The van der Waals surface area contributed by atoms with Crippen LogP contribution in [0.3, 0.4) is 0 Å². The summed E-state index contributed by atoms with van der Waals surface area (Å²) in [6.45, 7) is 14.3. The van der Waals surface area contributed by atoms with Crippen molar-refractivity contribution in [2.75, 3.05) is 7.05 Å². The van der Waals surface area contributed by atoms with Crippen LogP contribution in [0.5, 0.6) is 0 Å². The molecule has 264 valence electrons. The van der Waals surface area contributed by atoms with Gasteiger partial charge in [0.05, 0.1) is 5.41 Å². The molecule has 0 amide bonds. The van der Waals surface area contributed by atoms with Crippen molar-refractivity contribution >= 4 is 29.2 Å². The van der Waals surface area contributed by atoms with E-state index >= 15 is 0 Å². The Morgan fingerprint density at radius 1 is 0.923 bits per heavy atom. The molecule has 52 heavy (non-hydrogen) atoms. The number of rotatable bonds is 7. The predicted molar refractivity (Wildman–Crippen MR) is 227 cm³/mol. The molecule has 0 heterocycles. The van der Waals surface area contributed by atoms with Crippen molar-refractivity contribution in [1.29, 1.82) is 0 Å². The van der Waals surface area contributed by atoms with E-state index in [2.05, 4.69) is 148 Å². The van der Waals surface area contributed by atoms with Gasteiger partial charge >= 0.3 is 0 Å². The van der Waals surface area contributed by atoms with Crippen LogP contribution in [0.2, 0.25) is 0 Å². The summed E-state index contributed by atoms with van der Waals surface area (Å²) in [7, 11) is 1.79. The second-order valence-electron chi connectivity index (χ2n) is 13.1. The Morgan fingerprint density at radius 2 is 1.73 bits per heavy atom. The van der Waals surface area contributed by atoms with Gasteiger partial charge in [-0.3, -0.25) is 9.98 Å². The molecular weight excluding hydrogens is 633 g/mol. The van der Waals surface area contributed by atoms with Crippen LogP contribution in [0.15, 0.2) is 183 Å². The topological polar surface area (TPSA) is 49.4 Å². The SMILES string of the molecule is C=C/C=C\N=C(C)C1(C2C=CC=CCC2)C2=C(C=C(C=NC(=NC(=NC)c3ccc(C)cc3)C3=CCC=C(C)C=C3)CC=C2)c2ccccc21.CC. The molecule has 4 aliphatic carbocycles. The lowest BCUT2D eigenvalue weighted by molar-refractivity contribution is 0.467.